The van der Waals surface area contributed by atoms with Crippen LogP contribution in [0, 0.1) is 0 Å². The van der Waals surface area contributed by atoms with Crippen molar-refractivity contribution in [3.63, 3.8) is 0 Å². The quantitative estimate of drug-likeness (QED) is 0.690. The Morgan fingerprint density at radius 3 is 2.43 bits per heavy atom. The van der Waals surface area contributed by atoms with Crippen LogP contribution in [0.4, 0.5) is 5.13 Å². The molecule has 0 unspecified atom stereocenters. The second kappa shape index (κ2) is 6.26. The van der Waals surface area contributed by atoms with E-state index in [9.17, 15) is 4.79 Å². The van der Waals surface area contributed by atoms with Crippen molar-refractivity contribution < 1.29 is 4.79 Å². The van der Waals surface area contributed by atoms with Gasteiger partial charge in [-0.1, -0.05) is 39.0 Å². The molecule has 3 rings (SSSR count). The second-order valence-corrected chi connectivity index (χ2v) is 8.10. The molecule has 0 bridgehead atoms. The Kier molecular flexibility index (Phi) is 4.33. The van der Waals surface area contributed by atoms with Crippen LogP contribution < -0.4 is 5.32 Å². The lowest BCUT2D eigenvalue weighted by Crippen LogP contribution is -2.14. The zero-order chi connectivity index (χ0) is 16.4. The van der Waals surface area contributed by atoms with E-state index in [1.165, 1.54) is 16.9 Å². The maximum absolute atomic E-state index is 12.3. The molecule has 0 saturated carbocycles. The predicted molar refractivity (Wildman–Crippen MR) is 98.5 cm³/mol. The molecule has 118 valence electrons. The zero-order valence-corrected chi connectivity index (χ0v) is 14.9. The van der Waals surface area contributed by atoms with E-state index in [0.29, 0.717) is 10.7 Å². The van der Waals surface area contributed by atoms with Crippen LogP contribution in [0.15, 0.2) is 47.2 Å². The van der Waals surface area contributed by atoms with Crippen LogP contribution in [0.2, 0.25) is 0 Å². The summed E-state index contributed by atoms with van der Waals surface area (Å²) in [5.41, 5.74) is 2.84. The van der Waals surface area contributed by atoms with E-state index in [4.69, 9.17) is 0 Å². The van der Waals surface area contributed by atoms with Gasteiger partial charge in [0.15, 0.2) is 5.13 Å². The molecule has 0 aliphatic rings. The molecule has 2 aromatic heterocycles. The van der Waals surface area contributed by atoms with Crippen molar-refractivity contribution >= 4 is 33.7 Å². The number of carbonyl (C=O) groups is 1. The largest absolute Gasteiger partial charge is 0.298 e. The van der Waals surface area contributed by atoms with Gasteiger partial charge < -0.3 is 0 Å². The van der Waals surface area contributed by atoms with Crippen LogP contribution >= 0.6 is 22.7 Å². The number of hydrogen-bond donors (Lipinski definition) is 1. The molecule has 1 aromatic carbocycles. The van der Waals surface area contributed by atoms with Gasteiger partial charge in [-0.25, -0.2) is 4.98 Å². The molecular formula is C18H18N2OS2. The standard InChI is InChI=1S/C18H18N2OS2/c1-18(2,3)13-8-6-12(7-9-13)16(21)20-17-19-14(11-23-17)15-5-4-10-22-15/h4-11H,1-3H3,(H,19,20,21). The summed E-state index contributed by atoms with van der Waals surface area (Å²) in [6, 6.07) is 11.8. The van der Waals surface area contributed by atoms with Crippen molar-refractivity contribution in [1.29, 1.82) is 0 Å². The molecular weight excluding hydrogens is 324 g/mol. The molecule has 2 heterocycles. The van der Waals surface area contributed by atoms with E-state index in [-0.39, 0.29) is 11.3 Å². The molecule has 0 fully saturated rings. The number of amides is 1. The summed E-state index contributed by atoms with van der Waals surface area (Å²) < 4.78 is 0. The van der Waals surface area contributed by atoms with Gasteiger partial charge >= 0.3 is 0 Å². The summed E-state index contributed by atoms with van der Waals surface area (Å²) in [6.45, 7) is 6.47. The molecule has 3 nitrogen and oxygen atoms in total. The van der Waals surface area contributed by atoms with Gasteiger partial charge in [-0.05, 0) is 34.6 Å². The smallest absolute Gasteiger partial charge is 0.257 e. The van der Waals surface area contributed by atoms with Crippen molar-refractivity contribution in [2.45, 2.75) is 26.2 Å². The monoisotopic (exact) mass is 342 g/mol. The first-order valence-electron chi connectivity index (χ1n) is 7.35. The first-order valence-corrected chi connectivity index (χ1v) is 9.11. The van der Waals surface area contributed by atoms with Crippen LogP contribution in [0.1, 0.15) is 36.7 Å². The Bertz CT molecular complexity index is 796. The van der Waals surface area contributed by atoms with E-state index in [0.717, 1.165) is 10.6 Å². The molecule has 23 heavy (non-hydrogen) atoms. The average Bonchev–Trinajstić information content (AvgIpc) is 3.17. The van der Waals surface area contributed by atoms with Gasteiger partial charge in [-0.2, -0.15) is 0 Å². The number of benzene rings is 1. The topological polar surface area (TPSA) is 42.0 Å². The minimum absolute atomic E-state index is 0.0833. The third-order valence-electron chi connectivity index (χ3n) is 3.51. The highest BCUT2D eigenvalue weighted by molar-refractivity contribution is 7.16. The van der Waals surface area contributed by atoms with Gasteiger partial charge in [0, 0.05) is 10.9 Å². The van der Waals surface area contributed by atoms with Gasteiger partial charge in [0.05, 0.1) is 10.6 Å². The summed E-state index contributed by atoms with van der Waals surface area (Å²) in [6.07, 6.45) is 0. The zero-order valence-electron chi connectivity index (χ0n) is 13.3. The number of rotatable bonds is 3. The van der Waals surface area contributed by atoms with Crippen LogP contribution in [0.5, 0.6) is 0 Å². The van der Waals surface area contributed by atoms with Crippen LogP contribution in [0.25, 0.3) is 10.6 Å². The van der Waals surface area contributed by atoms with Crippen LogP contribution in [-0.4, -0.2) is 10.9 Å². The number of anilines is 1. The molecule has 1 amide bonds. The van der Waals surface area contributed by atoms with Crippen molar-refractivity contribution in [2.75, 3.05) is 5.32 Å². The van der Waals surface area contributed by atoms with E-state index in [1.807, 2.05) is 47.2 Å². The van der Waals surface area contributed by atoms with E-state index < -0.39 is 0 Å². The minimum atomic E-state index is -0.127. The normalized spacial score (nSPS) is 11.4. The fourth-order valence-corrected chi connectivity index (χ4v) is 3.63. The fraction of sp³-hybridized carbons (Fsp3) is 0.222. The second-order valence-electron chi connectivity index (χ2n) is 6.30. The SMILES string of the molecule is CC(C)(C)c1ccc(C(=O)Nc2nc(-c3cccs3)cs2)cc1. The summed E-state index contributed by atoms with van der Waals surface area (Å²) in [5.74, 6) is -0.127. The Balaban J connectivity index is 1.72. The lowest BCUT2D eigenvalue weighted by molar-refractivity contribution is 0.102. The van der Waals surface area contributed by atoms with E-state index >= 15 is 0 Å². The fourth-order valence-electron chi connectivity index (χ4n) is 2.16. The van der Waals surface area contributed by atoms with Gasteiger partial charge in [0.25, 0.3) is 5.91 Å². The van der Waals surface area contributed by atoms with Gasteiger partial charge in [-0.3, -0.25) is 10.1 Å². The Hall–Kier alpha value is -1.98. The lowest BCUT2D eigenvalue weighted by atomic mass is 9.87. The number of nitrogens with zero attached hydrogens (tertiary/aromatic N) is 1. The van der Waals surface area contributed by atoms with Crippen molar-refractivity contribution in [1.82, 2.24) is 4.98 Å². The summed E-state index contributed by atoms with van der Waals surface area (Å²) in [7, 11) is 0. The van der Waals surface area contributed by atoms with E-state index in [2.05, 4.69) is 31.1 Å². The van der Waals surface area contributed by atoms with Crippen molar-refractivity contribution in [3.8, 4) is 10.6 Å². The molecule has 3 aromatic rings. The van der Waals surface area contributed by atoms with Crippen LogP contribution in [0.3, 0.4) is 0 Å². The maximum atomic E-state index is 12.3. The summed E-state index contributed by atoms with van der Waals surface area (Å²) in [5, 5.41) is 7.48. The summed E-state index contributed by atoms with van der Waals surface area (Å²) in [4.78, 5) is 17.9. The summed E-state index contributed by atoms with van der Waals surface area (Å²) >= 11 is 3.08. The van der Waals surface area contributed by atoms with Gasteiger partial charge in [0.2, 0.25) is 0 Å². The Labute approximate surface area is 144 Å². The number of thiazole rings is 1. The molecule has 0 spiro atoms. The van der Waals surface area contributed by atoms with Gasteiger partial charge in [0.1, 0.15) is 0 Å². The first kappa shape index (κ1) is 15.9. The van der Waals surface area contributed by atoms with E-state index in [1.54, 1.807) is 11.3 Å². The molecule has 5 heteroatoms. The highest BCUT2D eigenvalue weighted by Crippen LogP contribution is 2.28. The predicted octanol–water partition coefficient (Wildman–Crippen LogP) is 5.42. The first-order chi connectivity index (χ1) is 10.9. The third kappa shape index (κ3) is 3.68. The molecule has 0 saturated heterocycles. The number of aromatic nitrogens is 1. The average molecular weight is 342 g/mol. The maximum Gasteiger partial charge on any atom is 0.257 e. The molecule has 1 N–H and O–H groups in total. The molecule has 0 aliphatic heterocycles. The number of carbonyl (C=O) groups excluding carboxylic acids is 1. The minimum Gasteiger partial charge on any atom is -0.298 e. The van der Waals surface area contributed by atoms with Crippen LogP contribution in [-0.2, 0) is 5.41 Å². The Morgan fingerprint density at radius 1 is 1.09 bits per heavy atom. The highest BCUT2D eigenvalue weighted by Gasteiger charge is 2.15. The molecule has 0 aliphatic carbocycles. The Morgan fingerprint density at radius 2 is 1.83 bits per heavy atom. The van der Waals surface area contributed by atoms with Crippen molar-refractivity contribution in [3.05, 3.63) is 58.3 Å². The van der Waals surface area contributed by atoms with Gasteiger partial charge in [-0.15, -0.1) is 22.7 Å². The number of thiophene rings is 1. The highest BCUT2D eigenvalue weighted by atomic mass is 32.1. The number of hydrogen-bond acceptors (Lipinski definition) is 4. The molecule has 0 atom stereocenters. The number of nitrogens with one attached hydrogen (secondary N) is 1. The third-order valence-corrected chi connectivity index (χ3v) is 5.16. The molecule has 0 radical (unpaired) electrons. The lowest BCUT2D eigenvalue weighted by Gasteiger charge is -2.18. The van der Waals surface area contributed by atoms with Crippen molar-refractivity contribution in [2.24, 2.45) is 0 Å².